The van der Waals surface area contributed by atoms with Crippen molar-refractivity contribution in [3.63, 3.8) is 0 Å². The minimum Gasteiger partial charge on any atom is -0.350 e. The Morgan fingerprint density at radius 3 is 2.46 bits per heavy atom. The van der Waals surface area contributed by atoms with E-state index < -0.39 is 4.92 Å². The number of nitro groups is 1. The number of hydrogen-bond acceptors (Lipinski definition) is 5. The fraction of sp³-hybridized carbons (Fsp3) is 0.381. The fourth-order valence-corrected chi connectivity index (χ4v) is 4.31. The molecule has 28 heavy (non-hydrogen) atoms. The SMILES string of the molecule is CN(C(=O)c1ccc(Nc2ccccc2)c([N+](=O)[O-])c1)C1CC2CCC(C1)N2. The van der Waals surface area contributed by atoms with E-state index in [1.54, 1.807) is 24.1 Å². The summed E-state index contributed by atoms with van der Waals surface area (Å²) in [6.45, 7) is 0. The van der Waals surface area contributed by atoms with Gasteiger partial charge in [0, 0.05) is 42.5 Å². The van der Waals surface area contributed by atoms with Crippen LogP contribution in [0.3, 0.4) is 0 Å². The molecule has 2 aliphatic rings. The number of carbonyl (C=O) groups excluding carboxylic acids is 1. The Labute approximate surface area is 163 Å². The predicted molar refractivity (Wildman–Crippen MR) is 108 cm³/mol. The Morgan fingerprint density at radius 1 is 1.14 bits per heavy atom. The molecule has 2 bridgehead atoms. The lowest BCUT2D eigenvalue weighted by molar-refractivity contribution is -0.383. The number of rotatable bonds is 5. The smallest absolute Gasteiger partial charge is 0.293 e. The van der Waals surface area contributed by atoms with Crippen LogP contribution < -0.4 is 10.6 Å². The van der Waals surface area contributed by atoms with Crippen molar-refractivity contribution in [1.82, 2.24) is 10.2 Å². The van der Waals surface area contributed by atoms with E-state index in [9.17, 15) is 14.9 Å². The number of anilines is 2. The molecule has 7 nitrogen and oxygen atoms in total. The predicted octanol–water partition coefficient (Wildman–Crippen LogP) is 3.69. The van der Waals surface area contributed by atoms with Crippen LogP contribution in [-0.4, -0.2) is 40.9 Å². The van der Waals surface area contributed by atoms with Gasteiger partial charge in [0.15, 0.2) is 0 Å². The third-order valence-electron chi connectivity index (χ3n) is 5.81. The Balaban J connectivity index is 1.55. The van der Waals surface area contributed by atoms with Gasteiger partial charge in [-0.2, -0.15) is 0 Å². The summed E-state index contributed by atoms with van der Waals surface area (Å²) >= 11 is 0. The van der Waals surface area contributed by atoms with Crippen molar-refractivity contribution in [3.8, 4) is 0 Å². The zero-order chi connectivity index (χ0) is 19.7. The van der Waals surface area contributed by atoms with E-state index in [4.69, 9.17) is 0 Å². The number of hydrogen-bond donors (Lipinski definition) is 2. The Bertz CT molecular complexity index is 874. The van der Waals surface area contributed by atoms with E-state index in [1.807, 2.05) is 30.3 Å². The minimum absolute atomic E-state index is 0.103. The highest BCUT2D eigenvalue weighted by molar-refractivity contribution is 5.96. The molecule has 0 saturated carbocycles. The molecule has 2 fully saturated rings. The van der Waals surface area contributed by atoms with E-state index in [-0.39, 0.29) is 17.6 Å². The summed E-state index contributed by atoms with van der Waals surface area (Å²) in [7, 11) is 1.81. The molecule has 4 rings (SSSR count). The van der Waals surface area contributed by atoms with E-state index in [0.29, 0.717) is 23.3 Å². The fourth-order valence-electron chi connectivity index (χ4n) is 4.31. The minimum atomic E-state index is -0.452. The molecular weight excluding hydrogens is 356 g/mol. The van der Waals surface area contributed by atoms with Gasteiger partial charge in [-0.25, -0.2) is 0 Å². The first-order chi connectivity index (χ1) is 13.5. The van der Waals surface area contributed by atoms with Crippen LogP contribution in [0.25, 0.3) is 0 Å². The highest BCUT2D eigenvalue weighted by Crippen LogP contribution is 2.32. The molecule has 1 amide bonds. The first-order valence-electron chi connectivity index (χ1n) is 9.65. The summed E-state index contributed by atoms with van der Waals surface area (Å²) in [5, 5.41) is 18.2. The van der Waals surface area contributed by atoms with Gasteiger partial charge in [0.05, 0.1) is 4.92 Å². The van der Waals surface area contributed by atoms with Crippen molar-refractivity contribution in [3.05, 3.63) is 64.2 Å². The summed E-state index contributed by atoms with van der Waals surface area (Å²) in [6.07, 6.45) is 4.20. The topological polar surface area (TPSA) is 87.5 Å². The first-order valence-corrected chi connectivity index (χ1v) is 9.65. The number of benzene rings is 2. The van der Waals surface area contributed by atoms with Gasteiger partial charge in [-0.15, -0.1) is 0 Å². The lowest BCUT2D eigenvalue weighted by Gasteiger charge is -2.35. The molecule has 2 aromatic carbocycles. The molecule has 2 aromatic rings. The summed E-state index contributed by atoms with van der Waals surface area (Å²) in [6, 6.07) is 15.0. The van der Waals surface area contributed by atoms with Crippen molar-refractivity contribution in [2.45, 2.75) is 43.8 Å². The van der Waals surface area contributed by atoms with Crippen LogP contribution in [0, 0.1) is 10.1 Å². The monoisotopic (exact) mass is 380 g/mol. The lowest BCUT2D eigenvalue weighted by Crippen LogP contribution is -2.48. The zero-order valence-electron chi connectivity index (χ0n) is 15.8. The van der Waals surface area contributed by atoms with Gasteiger partial charge in [-0.1, -0.05) is 18.2 Å². The third kappa shape index (κ3) is 3.71. The van der Waals surface area contributed by atoms with Gasteiger partial charge in [-0.3, -0.25) is 14.9 Å². The van der Waals surface area contributed by atoms with Crippen LogP contribution in [0.2, 0.25) is 0 Å². The highest BCUT2D eigenvalue weighted by Gasteiger charge is 2.36. The molecule has 0 aromatic heterocycles. The maximum absolute atomic E-state index is 13.0. The molecule has 2 heterocycles. The maximum atomic E-state index is 13.0. The third-order valence-corrected chi connectivity index (χ3v) is 5.81. The number of carbonyl (C=O) groups is 1. The Morgan fingerprint density at radius 2 is 1.82 bits per heavy atom. The van der Waals surface area contributed by atoms with Crippen LogP contribution in [0.1, 0.15) is 36.0 Å². The van der Waals surface area contributed by atoms with E-state index in [0.717, 1.165) is 31.4 Å². The zero-order valence-corrected chi connectivity index (χ0v) is 15.8. The van der Waals surface area contributed by atoms with Crippen molar-refractivity contribution < 1.29 is 9.72 Å². The second kappa shape index (κ2) is 7.59. The molecule has 2 saturated heterocycles. The Hall–Kier alpha value is -2.93. The van der Waals surface area contributed by atoms with Crippen LogP contribution in [0.5, 0.6) is 0 Å². The van der Waals surface area contributed by atoms with Crippen LogP contribution in [0.4, 0.5) is 17.1 Å². The molecule has 146 valence electrons. The average Bonchev–Trinajstić information content (AvgIpc) is 3.05. The summed E-state index contributed by atoms with van der Waals surface area (Å²) in [5.41, 5.74) is 1.37. The number of piperidine rings is 1. The number of fused-ring (bicyclic) bond motifs is 2. The van der Waals surface area contributed by atoms with Crippen LogP contribution in [-0.2, 0) is 0 Å². The molecule has 0 radical (unpaired) electrons. The molecule has 2 aliphatic heterocycles. The van der Waals surface area contributed by atoms with E-state index in [1.165, 1.54) is 6.07 Å². The second-order valence-electron chi connectivity index (χ2n) is 7.66. The lowest BCUT2D eigenvalue weighted by atomic mass is 9.98. The largest absolute Gasteiger partial charge is 0.350 e. The van der Waals surface area contributed by atoms with Crippen molar-refractivity contribution in [1.29, 1.82) is 0 Å². The molecule has 2 atom stereocenters. The number of nitrogens with one attached hydrogen (secondary N) is 2. The molecule has 2 unspecified atom stereocenters. The molecule has 7 heteroatoms. The number of para-hydroxylation sites is 1. The highest BCUT2D eigenvalue weighted by atomic mass is 16.6. The molecule has 0 spiro atoms. The van der Waals surface area contributed by atoms with Crippen molar-refractivity contribution in [2.75, 3.05) is 12.4 Å². The van der Waals surface area contributed by atoms with Gasteiger partial charge in [0.25, 0.3) is 11.6 Å². The van der Waals surface area contributed by atoms with Gasteiger partial charge in [0.2, 0.25) is 0 Å². The first kappa shape index (κ1) is 18.4. The normalized spacial score (nSPS) is 23.2. The van der Waals surface area contributed by atoms with Gasteiger partial charge >= 0.3 is 0 Å². The number of amides is 1. The molecule has 0 aliphatic carbocycles. The summed E-state index contributed by atoms with van der Waals surface area (Å²) < 4.78 is 0. The average molecular weight is 380 g/mol. The van der Waals surface area contributed by atoms with Gasteiger partial charge in [-0.05, 0) is 49.9 Å². The number of nitro benzene ring substituents is 1. The van der Waals surface area contributed by atoms with E-state index in [2.05, 4.69) is 10.6 Å². The second-order valence-corrected chi connectivity index (χ2v) is 7.66. The van der Waals surface area contributed by atoms with Gasteiger partial charge in [0.1, 0.15) is 5.69 Å². The quantitative estimate of drug-likeness (QED) is 0.610. The molecule has 2 N–H and O–H groups in total. The van der Waals surface area contributed by atoms with Crippen LogP contribution in [0.15, 0.2) is 48.5 Å². The Kier molecular flexibility index (Phi) is 5.00. The summed E-state index contributed by atoms with van der Waals surface area (Å²) in [4.78, 5) is 25.9. The molecular formula is C21H24N4O3. The van der Waals surface area contributed by atoms with Crippen molar-refractivity contribution >= 4 is 23.0 Å². The number of nitrogens with zero attached hydrogens (tertiary/aromatic N) is 2. The van der Waals surface area contributed by atoms with Crippen molar-refractivity contribution in [2.24, 2.45) is 0 Å². The maximum Gasteiger partial charge on any atom is 0.293 e. The van der Waals surface area contributed by atoms with E-state index >= 15 is 0 Å². The summed E-state index contributed by atoms with van der Waals surface area (Å²) in [5.74, 6) is -0.166. The standard InChI is InChI=1S/C21H24N4O3/c1-24(18-12-16-8-9-17(13-18)22-16)21(26)14-7-10-19(20(11-14)25(27)28)23-15-5-3-2-4-6-15/h2-7,10-11,16-18,22-23H,8-9,12-13H2,1H3. The van der Waals surface area contributed by atoms with Crippen LogP contribution >= 0.6 is 0 Å². The van der Waals surface area contributed by atoms with Gasteiger partial charge < -0.3 is 15.5 Å².